The van der Waals surface area contributed by atoms with Crippen molar-refractivity contribution in [1.29, 1.82) is 0 Å². The zero-order valence-corrected chi connectivity index (χ0v) is 11.6. The van der Waals surface area contributed by atoms with E-state index in [0.29, 0.717) is 0 Å². The first-order chi connectivity index (χ1) is 9.18. The van der Waals surface area contributed by atoms with Crippen LogP contribution in [0.4, 0.5) is 0 Å². The summed E-state index contributed by atoms with van der Waals surface area (Å²) in [7, 11) is 0. The van der Waals surface area contributed by atoms with Crippen molar-refractivity contribution in [3.8, 4) is 0 Å². The molecule has 0 aromatic heterocycles. The van der Waals surface area contributed by atoms with E-state index in [1.807, 2.05) is 30.4 Å². The SMILES string of the molecule is Cc1ccccc1/C(N)=C/C=C(\N)N1CCCCC1. The highest BCUT2D eigenvalue weighted by molar-refractivity contribution is 5.66. The van der Waals surface area contributed by atoms with Crippen molar-refractivity contribution in [3.05, 3.63) is 53.4 Å². The lowest BCUT2D eigenvalue weighted by Crippen LogP contribution is -2.32. The Kier molecular flexibility index (Phi) is 4.50. The van der Waals surface area contributed by atoms with E-state index in [9.17, 15) is 0 Å². The fourth-order valence-corrected chi connectivity index (χ4v) is 2.42. The lowest BCUT2D eigenvalue weighted by Gasteiger charge is -2.28. The maximum Gasteiger partial charge on any atom is 0.0987 e. The van der Waals surface area contributed by atoms with Crippen LogP contribution in [-0.2, 0) is 0 Å². The topological polar surface area (TPSA) is 55.3 Å². The van der Waals surface area contributed by atoms with Crippen molar-refractivity contribution in [1.82, 2.24) is 4.90 Å². The maximum absolute atomic E-state index is 6.12. The summed E-state index contributed by atoms with van der Waals surface area (Å²) in [5.74, 6) is 0.816. The highest BCUT2D eigenvalue weighted by Gasteiger charge is 2.10. The Morgan fingerprint density at radius 3 is 2.42 bits per heavy atom. The summed E-state index contributed by atoms with van der Waals surface area (Å²) < 4.78 is 0. The van der Waals surface area contributed by atoms with Gasteiger partial charge in [-0.1, -0.05) is 24.3 Å². The number of nitrogens with zero attached hydrogens (tertiary/aromatic N) is 1. The molecule has 1 aliphatic heterocycles. The van der Waals surface area contributed by atoms with Crippen molar-refractivity contribution in [2.75, 3.05) is 13.1 Å². The van der Waals surface area contributed by atoms with Gasteiger partial charge in [-0.2, -0.15) is 0 Å². The quantitative estimate of drug-likeness (QED) is 0.818. The molecule has 0 spiro atoms. The van der Waals surface area contributed by atoms with Gasteiger partial charge in [0.2, 0.25) is 0 Å². The summed E-state index contributed by atoms with van der Waals surface area (Å²) in [6.07, 6.45) is 7.60. The molecule has 0 amide bonds. The Labute approximate surface area is 115 Å². The first kappa shape index (κ1) is 13.5. The highest BCUT2D eigenvalue weighted by atomic mass is 15.2. The third-order valence-electron chi connectivity index (χ3n) is 3.61. The molecule has 4 N–H and O–H groups in total. The Hall–Kier alpha value is -1.90. The van der Waals surface area contributed by atoms with E-state index in [-0.39, 0.29) is 0 Å². The molecule has 1 aliphatic rings. The summed E-state index contributed by atoms with van der Waals surface area (Å²) in [6.45, 7) is 4.18. The molecule has 3 heteroatoms. The van der Waals surface area contributed by atoms with Crippen LogP contribution in [0.25, 0.3) is 5.70 Å². The average molecular weight is 257 g/mol. The number of rotatable bonds is 3. The van der Waals surface area contributed by atoms with Gasteiger partial charge in [-0.15, -0.1) is 0 Å². The second-order valence-electron chi connectivity index (χ2n) is 5.08. The maximum atomic E-state index is 6.12. The summed E-state index contributed by atoms with van der Waals surface area (Å²) in [6, 6.07) is 8.12. The van der Waals surface area contributed by atoms with Crippen LogP contribution in [0.5, 0.6) is 0 Å². The van der Waals surface area contributed by atoms with Gasteiger partial charge in [-0.3, -0.25) is 0 Å². The molecule has 1 aromatic rings. The van der Waals surface area contributed by atoms with Crippen LogP contribution in [0.15, 0.2) is 42.2 Å². The lowest BCUT2D eigenvalue weighted by molar-refractivity contribution is 0.282. The normalized spacial score (nSPS) is 17.6. The fraction of sp³-hybridized carbons (Fsp3) is 0.375. The van der Waals surface area contributed by atoms with E-state index in [4.69, 9.17) is 11.5 Å². The monoisotopic (exact) mass is 257 g/mol. The molecule has 1 heterocycles. The van der Waals surface area contributed by atoms with E-state index in [0.717, 1.165) is 30.2 Å². The molecule has 3 nitrogen and oxygen atoms in total. The fourth-order valence-electron chi connectivity index (χ4n) is 2.42. The summed E-state index contributed by atoms with van der Waals surface area (Å²) >= 11 is 0. The molecule has 0 bridgehead atoms. The standard InChI is InChI=1S/C16H23N3/c1-13-7-3-4-8-14(13)15(17)9-10-16(18)19-11-5-2-6-12-19/h3-4,7-10H,2,5-6,11-12,17-18H2,1H3/b15-9-,16-10+. The Bertz CT molecular complexity index is 483. The molecular formula is C16H23N3. The van der Waals surface area contributed by atoms with Gasteiger partial charge in [0.1, 0.15) is 0 Å². The predicted octanol–water partition coefficient (Wildman–Crippen LogP) is 2.58. The van der Waals surface area contributed by atoms with Gasteiger partial charge in [0.05, 0.1) is 5.82 Å². The molecule has 0 unspecified atom stereocenters. The number of allylic oxidation sites excluding steroid dienone is 2. The van der Waals surface area contributed by atoms with E-state index in [2.05, 4.69) is 17.9 Å². The number of piperidine rings is 1. The minimum Gasteiger partial charge on any atom is -0.398 e. The van der Waals surface area contributed by atoms with Gasteiger partial charge in [-0.25, -0.2) is 0 Å². The van der Waals surface area contributed by atoms with Crippen LogP contribution < -0.4 is 11.5 Å². The van der Waals surface area contributed by atoms with Gasteiger partial charge < -0.3 is 16.4 Å². The first-order valence-corrected chi connectivity index (χ1v) is 6.92. The Morgan fingerprint density at radius 1 is 1.05 bits per heavy atom. The molecule has 102 valence electrons. The van der Waals surface area contributed by atoms with Crippen molar-refractivity contribution in [2.24, 2.45) is 11.5 Å². The number of aryl methyl sites for hydroxylation is 1. The smallest absolute Gasteiger partial charge is 0.0987 e. The number of likely N-dealkylation sites (tertiary alicyclic amines) is 1. The molecule has 1 saturated heterocycles. The van der Waals surface area contributed by atoms with Gasteiger partial charge in [-0.05, 0) is 43.9 Å². The predicted molar refractivity (Wildman–Crippen MR) is 81.0 cm³/mol. The number of hydrogen-bond acceptors (Lipinski definition) is 3. The molecule has 19 heavy (non-hydrogen) atoms. The van der Waals surface area contributed by atoms with Gasteiger partial charge in [0.15, 0.2) is 0 Å². The highest BCUT2D eigenvalue weighted by Crippen LogP contribution is 2.15. The van der Waals surface area contributed by atoms with Crippen LogP contribution in [0.3, 0.4) is 0 Å². The summed E-state index contributed by atoms with van der Waals surface area (Å²) in [4.78, 5) is 2.23. The van der Waals surface area contributed by atoms with Crippen LogP contribution in [0, 0.1) is 6.92 Å². The third kappa shape index (κ3) is 3.53. The molecule has 0 saturated carbocycles. The van der Waals surface area contributed by atoms with E-state index in [1.165, 1.54) is 24.8 Å². The van der Waals surface area contributed by atoms with Crippen molar-refractivity contribution >= 4 is 5.70 Å². The number of benzene rings is 1. The number of nitrogens with two attached hydrogens (primary N) is 2. The van der Waals surface area contributed by atoms with Crippen LogP contribution in [0.1, 0.15) is 30.4 Å². The largest absolute Gasteiger partial charge is 0.398 e. The van der Waals surface area contributed by atoms with Gasteiger partial charge in [0, 0.05) is 24.4 Å². The second kappa shape index (κ2) is 6.32. The van der Waals surface area contributed by atoms with Crippen LogP contribution in [-0.4, -0.2) is 18.0 Å². The zero-order chi connectivity index (χ0) is 13.7. The summed E-state index contributed by atoms with van der Waals surface area (Å²) in [5.41, 5.74) is 15.2. The molecule has 0 aliphatic carbocycles. The van der Waals surface area contributed by atoms with E-state index < -0.39 is 0 Å². The minimum absolute atomic E-state index is 0.762. The molecule has 2 rings (SSSR count). The summed E-state index contributed by atoms with van der Waals surface area (Å²) in [5, 5.41) is 0. The molecular weight excluding hydrogens is 234 g/mol. The Morgan fingerprint density at radius 2 is 1.74 bits per heavy atom. The third-order valence-corrected chi connectivity index (χ3v) is 3.61. The van der Waals surface area contributed by atoms with E-state index >= 15 is 0 Å². The minimum atomic E-state index is 0.762. The van der Waals surface area contributed by atoms with Crippen LogP contribution in [0.2, 0.25) is 0 Å². The lowest BCUT2D eigenvalue weighted by atomic mass is 10.1. The van der Waals surface area contributed by atoms with Crippen molar-refractivity contribution in [2.45, 2.75) is 26.2 Å². The molecule has 0 radical (unpaired) electrons. The molecule has 0 atom stereocenters. The van der Waals surface area contributed by atoms with Gasteiger partial charge >= 0.3 is 0 Å². The zero-order valence-electron chi connectivity index (χ0n) is 11.6. The first-order valence-electron chi connectivity index (χ1n) is 6.92. The number of hydrogen-bond donors (Lipinski definition) is 2. The molecule has 1 fully saturated rings. The average Bonchev–Trinajstić information content (AvgIpc) is 2.46. The van der Waals surface area contributed by atoms with Crippen molar-refractivity contribution in [3.63, 3.8) is 0 Å². The second-order valence-corrected chi connectivity index (χ2v) is 5.08. The van der Waals surface area contributed by atoms with Gasteiger partial charge in [0.25, 0.3) is 0 Å². The van der Waals surface area contributed by atoms with Crippen LogP contribution >= 0.6 is 0 Å². The molecule has 1 aromatic carbocycles. The van der Waals surface area contributed by atoms with E-state index in [1.54, 1.807) is 0 Å². The van der Waals surface area contributed by atoms with Crippen molar-refractivity contribution < 1.29 is 0 Å². The Balaban J connectivity index is 2.10.